The predicted octanol–water partition coefficient (Wildman–Crippen LogP) is 4.10. The molecule has 110 valence electrons. The summed E-state index contributed by atoms with van der Waals surface area (Å²) in [6.07, 6.45) is 0. The van der Waals surface area contributed by atoms with Gasteiger partial charge < -0.3 is 10.1 Å². The molecule has 1 aromatic carbocycles. The molecule has 0 bridgehead atoms. The van der Waals surface area contributed by atoms with Crippen LogP contribution >= 0.6 is 11.3 Å². The zero-order valence-corrected chi connectivity index (χ0v) is 13.7. The first-order valence-corrected chi connectivity index (χ1v) is 7.74. The molecule has 0 radical (unpaired) electrons. The summed E-state index contributed by atoms with van der Waals surface area (Å²) in [7, 11) is 1.65. The van der Waals surface area contributed by atoms with E-state index in [2.05, 4.69) is 38.2 Å². The van der Waals surface area contributed by atoms with Gasteiger partial charge in [-0.25, -0.2) is 0 Å². The van der Waals surface area contributed by atoms with Crippen LogP contribution in [-0.4, -0.2) is 7.11 Å². The van der Waals surface area contributed by atoms with Crippen LogP contribution in [0.1, 0.15) is 39.4 Å². The molecule has 1 unspecified atom stereocenters. The minimum absolute atomic E-state index is 0.269. The maximum atomic E-state index is 9.01. The Kier molecular flexibility index (Phi) is 5.00. The van der Waals surface area contributed by atoms with E-state index in [0.29, 0.717) is 12.1 Å². The van der Waals surface area contributed by atoms with Crippen LogP contribution in [-0.2, 0) is 6.54 Å². The van der Waals surface area contributed by atoms with Gasteiger partial charge in [-0.1, -0.05) is 0 Å². The fourth-order valence-electron chi connectivity index (χ4n) is 2.44. The van der Waals surface area contributed by atoms with Gasteiger partial charge in [0.2, 0.25) is 0 Å². The molecule has 3 nitrogen and oxygen atoms in total. The molecule has 1 heterocycles. The molecule has 0 saturated heterocycles. The van der Waals surface area contributed by atoms with Crippen LogP contribution in [0.15, 0.2) is 24.3 Å². The Balaban J connectivity index is 2.12. The number of hydrogen-bond donors (Lipinski definition) is 1. The van der Waals surface area contributed by atoms with Gasteiger partial charge in [-0.05, 0) is 50.6 Å². The number of benzene rings is 1. The summed E-state index contributed by atoms with van der Waals surface area (Å²) in [6.45, 7) is 7.12. The Morgan fingerprint density at radius 3 is 2.67 bits per heavy atom. The molecular weight excluding hydrogens is 280 g/mol. The lowest BCUT2D eigenvalue weighted by Crippen LogP contribution is -2.18. The summed E-state index contributed by atoms with van der Waals surface area (Å²) >= 11 is 1.83. The smallest absolute Gasteiger partial charge is 0.123 e. The number of hydrogen-bond acceptors (Lipinski definition) is 4. The second-order valence-electron chi connectivity index (χ2n) is 5.11. The van der Waals surface area contributed by atoms with Gasteiger partial charge in [0.1, 0.15) is 5.75 Å². The average molecular weight is 300 g/mol. The van der Waals surface area contributed by atoms with Crippen LogP contribution in [0.2, 0.25) is 0 Å². The fourth-order valence-corrected chi connectivity index (χ4v) is 3.46. The number of thiophene rings is 1. The van der Waals surface area contributed by atoms with E-state index in [4.69, 9.17) is 10.00 Å². The first-order valence-electron chi connectivity index (χ1n) is 6.92. The van der Waals surface area contributed by atoms with E-state index < -0.39 is 0 Å². The maximum absolute atomic E-state index is 9.01. The van der Waals surface area contributed by atoms with Crippen LogP contribution in [0.3, 0.4) is 0 Å². The summed E-state index contributed by atoms with van der Waals surface area (Å²) in [6, 6.07) is 10.2. The van der Waals surface area contributed by atoms with Gasteiger partial charge in [0.05, 0.1) is 18.7 Å². The SMILES string of the molecule is COc1ccc(C#N)cc1CNC(C)c1cc(C)sc1C. The highest BCUT2D eigenvalue weighted by molar-refractivity contribution is 7.12. The highest BCUT2D eigenvalue weighted by Gasteiger charge is 2.12. The van der Waals surface area contributed by atoms with Crippen molar-refractivity contribution in [3.05, 3.63) is 50.7 Å². The Morgan fingerprint density at radius 1 is 1.33 bits per heavy atom. The summed E-state index contributed by atoms with van der Waals surface area (Å²) in [5.41, 5.74) is 3.00. The van der Waals surface area contributed by atoms with Crippen molar-refractivity contribution >= 4 is 11.3 Å². The maximum Gasteiger partial charge on any atom is 0.123 e. The molecule has 0 aliphatic heterocycles. The lowest BCUT2D eigenvalue weighted by molar-refractivity contribution is 0.406. The third-order valence-electron chi connectivity index (χ3n) is 3.55. The van der Waals surface area contributed by atoms with Gasteiger partial charge in [-0.15, -0.1) is 11.3 Å². The van der Waals surface area contributed by atoms with E-state index in [1.54, 1.807) is 13.2 Å². The highest BCUT2D eigenvalue weighted by atomic mass is 32.1. The third-order valence-corrected chi connectivity index (χ3v) is 4.54. The molecule has 0 fully saturated rings. The Hall–Kier alpha value is -1.83. The Labute approximate surface area is 130 Å². The van der Waals surface area contributed by atoms with Crippen molar-refractivity contribution < 1.29 is 4.74 Å². The Morgan fingerprint density at radius 2 is 2.10 bits per heavy atom. The summed E-state index contributed by atoms with van der Waals surface area (Å²) in [4.78, 5) is 2.69. The number of nitrogens with one attached hydrogen (secondary N) is 1. The molecule has 0 spiro atoms. The van der Waals surface area contributed by atoms with Crippen LogP contribution in [0.4, 0.5) is 0 Å². The van der Waals surface area contributed by atoms with E-state index in [-0.39, 0.29) is 6.04 Å². The van der Waals surface area contributed by atoms with Crippen LogP contribution in [0.5, 0.6) is 5.75 Å². The fraction of sp³-hybridized carbons (Fsp3) is 0.353. The summed E-state index contributed by atoms with van der Waals surface area (Å²) < 4.78 is 5.36. The van der Waals surface area contributed by atoms with Crippen molar-refractivity contribution in [2.45, 2.75) is 33.4 Å². The number of aryl methyl sites for hydroxylation is 2. The lowest BCUT2D eigenvalue weighted by Gasteiger charge is -2.16. The standard InChI is InChI=1S/C17H20N2OS/c1-11-7-16(13(3)21-11)12(2)19-10-15-8-14(9-18)5-6-17(15)20-4/h5-8,12,19H,10H2,1-4H3. The quantitative estimate of drug-likeness (QED) is 0.904. The highest BCUT2D eigenvalue weighted by Crippen LogP contribution is 2.27. The number of ether oxygens (including phenoxy) is 1. The van der Waals surface area contributed by atoms with Crippen molar-refractivity contribution in [2.75, 3.05) is 7.11 Å². The van der Waals surface area contributed by atoms with E-state index in [9.17, 15) is 0 Å². The van der Waals surface area contributed by atoms with E-state index in [0.717, 1.165) is 11.3 Å². The Bertz CT molecular complexity index is 670. The van der Waals surface area contributed by atoms with Gasteiger partial charge in [-0.3, -0.25) is 0 Å². The van der Waals surface area contributed by atoms with Crippen LogP contribution < -0.4 is 10.1 Å². The largest absolute Gasteiger partial charge is 0.496 e. The lowest BCUT2D eigenvalue weighted by atomic mass is 10.1. The van der Waals surface area contributed by atoms with Crippen LogP contribution in [0.25, 0.3) is 0 Å². The van der Waals surface area contributed by atoms with E-state index in [1.165, 1.54) is 15.3 Å². The van der Waals surface area contributed by atoms with Gasteiger partial charge >= 0.3 is 0 Å². The van der Waals surface area contributed by atoms with Crippen molar-refractivity contribution in [3.8, 4) is 11.8 Å². The number of nitriles is 1. The third kappa shape index (κ3) is 3.63. The van der Waals surface area contributed by atoms with Gasteiger partial charge in [-0.2, -0.15) is 5.26 Å². The molecule has 1 atom stereocenters. The molecule has 0 saturated carbocycles. The summed E-state index contributed by atoms with van der Waals surface area (Å²) in [5.74, 6) is 0.812. The zero-order chi connectivity index (χ0) is 15.4. The second kappa shape index (κ2) is 6.75. The zero-order valence-electron chi connectivity index (χ0n) is 12.9. The number of nitrogens with zero attached hydrogens (tertiary/aromatic N) is 1. The first kappa shape index (κ1) is 15.6. The second-order valence-corrected chi connectivity index (χ2v) is 6.57. The predicted molar refractivity (Wildman–Crippen MR) is 86.8 cm³/mol. The molecule has 21 heavy (non-hydrogen) atoms. The van der Waals surface area contributed by atoms with Gasteiger partial charge in [0.15, 0.2) is 0 Å². The molecule has 0 amide bonds. The molecule has 1 aromatic heterocycles. The minimum Gasteiger partial charge on any atom is -0.496 e. The monoisotopic (exact) mass is 300 g/mol. The van der Waals surface area contributed by atoms with Crippen molar-refractivity contribution in [1.29, 1.82) is 5.26 Å². The van der Waals surface area contributed by atoms with E-state index >= 15 is 0 Å². The molecular formula is C17H20N2OS. The molecule has 2 rings (SSSR count). The number of methoxy groups -OCH3 is 1. The molecule has 0 aliphatic carbocycles. The van der Waals surface area contributed by atoms with Crippen molar-refractivity contribution in [3.63, 3.8) is 0 Å². The number of rotatable bonds is 5. The minimum atomic E-state index is 0.269. The van der Waals surface area contributed by atoms with Gasteiger partial charge in [0.25, 0.3) is 0 Å². The van der Waals surface area contributed by atoms with Crippen molar-refractivity contribution in [2.24, 2.45) is 0 Å². The molecule has 4 heteroatoms. The average Bonchev–Trinajstić information content (AvgIpc) is 2.83. The molecule has 0 aliphatic rings. The normalized spacial score (nSPS) is 12.0. The van der Waals surface area contributed by atoms with Gasteiger partial charge in [0, 0.05) is 27.9 Å². The first-order chi connectivity index (χ1) is 10.0. The van der Waals surface area contributed by atoms with Crippen LogP contribution in [0, 0.1) is 25.2 Å². The molecule has 1 N–H and O–H groups in total. The summed E-state index contributed by atoms with van der Waals surface area (Å²) in [5, 5.41) is 12.5. The molecule has 2 aromatic rings. The van der Waals surface area contributed by atoms with E-state index in [1.807, 2.05) is 23.5 Å². The van der Waals surface area contributed by atoms with Crippen molar-refractivity contribution in [1.82, 2.24) is 5.32 Å². The topological polar surface area (TPSA) is 45.0 Å².